The summed E-state index contributed by atoms with van der Waals surface area (Å²) in [6.45, 7) is 0. The van der Waals surface area contributed by atoms with Gasteiger partial charge in [-0.1, -0.05) is 18.2 Å². The van der Waals surface area contributed by atoms with Crippen molar-refractivity contribution in [3.05, 3.63) is 64.6 Å². The number of halogens is 1. The Labute approximate surface area is 164 Å². The minimum Gasteiger partial charge on any atom is -0.272 e. The average Bonchev–Trinajstić information content (AvgIpc) is 2.68. The summed E-state index contributed by atoms with van der Waals surface area (Å²) in [4.78, 5) is 25.2. The van der Waals surface area contributed by atoms with Gasteiger partial charge in [-0.3, -0.25) is 15.0 Å². The van der Waals surface area contributed by atoms with E-state index in [0.29, 0.717) is 0 Å². The van der Waals surface area contributed by atoms with E-state index in [1.807, 2.05) is 10.3 Å². The van der Waals surface area contributed by atoms with Crippen molar-refractivity contribution in [2.24, 2.45) is 7.05 Å². The molecule has 1 aromatic heterocycles. The zero-order chi connectivity index (χ0) is 21.4. The number of hydrogen-bond acceptors (Lipinski definition) is 7. The molecule has 0 aliphatic carbocycles. The number of fused-ring (bicyclic) bond motifs is 1. The van der Waals surface area contributed by atoms with Crippen LogP contribution in [0.15, 0.2) is 63.1 Å². The first-order valence-electron chi connectivity index (χ1n) is 7.83. The molecule has 29 heavy (non-hydrogen) atoms. The summed E-state index contributed by atoms with van der Waals surface area (Å²) in [7, 11) is -7.93. The van der Waals surface area contributed by atoms with Gasteiger partial charge in [0.15, 0.2) is 5.69 Å². The molecule has 3 rings (SSSR count). The Kier molecular flexibility index (Phi) is 5.21. The smallest absolute Gasteiger partial charge is 0.272 e. The minimum atomic E-state index is -4.98. The third-order valence-electron chi connectivity index (χ3n) is 3.89. The Morgan fingerprint density at radius 2 is 1.52 bits per heavy atom. The summed E-state index contributed by atoms with van der Waals surface area (Å²) >= 11 is 0. The molecule has 2 N–H and O–H groups in total. The van der Waals surface area contributed by atoms with E-state index >= 15 is 0 Å². The number of benzene rings is 2. The number of aromatic nitrogens is 2. The molecule has 0 saturated heterocycles. The largest absolute Gasteiger partial charge is 0.332 e. The van der Waals surface area contributed by atoms with Crippen molar-refractivity contribution >= 4 is 36.9 Å². The van der Waals surface area contributed by atoms with E-state index < -0.39 is 41.5 Å². The van der Waals surface area contributed by atoms with E-state index in [-0.39, 0.29) is 16.5 Å². The van der Waals surface area contributed by atoms with Gasteiger partial charge in [-0.2, -0.15) is 13.5 Å². The molecule has 0 radical (unpaired) electrons. The predicted octanol–water partition coefficient (Wildman–Crippen LogP) is 0.215. The van der Waals surface area contributed by atoms with Crippen LogP contribution in [0.3, 0.4) is 0 Å². The highest BCUT2D eigenvalue weighted by atomic mass is 32.3. The van der Waals surface area contributed by atoms with Crippen molar-refractivity contribution in [2.45, 2.75) is 9.79 Å². The number of carbonyl (C=O) groups is 1. The van der Waals surface area contributed by atoms with Crippen LogP contribution in [0.1, 0.15) is 10.5 Å². The normalized spacial score (nSPS) is 12.1. The van der Waals surface area contributed by atoms with Crippen molar-refractivity contribution in [3.8, 4) is 0 Å². The van der Waals surface area contributed by atoms with Gasteiger partial charge in [-0.25, -0.2) is 13.1 Å². The first kappa shape index (κ1) is 20.6. The van der Waals surface area contributed by atoms with E-state index in [1.165, 1.54) is 19.2 Å². The van der Waals surface area contributed by atoms with Gasteiger partial charge in [-0.05, 0) is 30.3 Å². The maximum absolute atomic E-state index is 12.9. The van der Waals surface area contributed by atoms with E-state index in [2.05, 4.69) is 5.10 Å². The van der Waals surface area contributed by atoms with Crippen LogP contribution in [0.25, 0.3) is 10.8 Å². The standard InChI is InChI=1S/C16H13FN4O6S2/c1-21-16(23)13-5-3-2-4-12(13)14(19-21)15(22)18-20-29(26,27)11-8-6-10(7-9-11)28(17,24)25/h2-9,20H,1H3,(H,18,22). The number of nitrogens with one attached hydrogen (secondary N) is 2. The number of aryl methyl sites for hydroxylation is 1. The minimum absolute atomic E-state index is 0.190. The van der Waals surface area contributed by atoms with Gasteiger partial charge in [0, 0.05) is 12.4 Å². The molecule has 0 spiro atoms. The van der Waals surface area contributed by atoms with Crippen LogP contribution >= 0.6 is 0 Å². The highest BCUT2D eigenvalue weighted by Gasteiger charge is 2.20. The Hall–Kier alpha value is -3.16. The molecule has 0 bridgehead atoms. The lowest BCUT2D eigenvalue weighted by Gasteiger charge is -2.10. The van der Waals surface area contributed by atoms with Crippen molar-refractivity contribution in [1.82, 2.24) is 20.0 Å². The number of sulfonamides is 1. The number of hydrogen-bond donors (Lipinski definition) is 2. The van der Waals surface area contributed by atoms with Gasteiger partial charge in [-0.15, -0.1) is 8.72 Å². The monoisotopic (exact) mass is 440 g/mol. The molecule has 13 heteroatoms. The lowest BCUT2D eigenvalue weighted by atomic mass is 10.1. The molecule has 1 heterocycles. The second-order valence-corrected chi connectivity index (χ2v) is 8.82. The first-order valence-corrected chi connectivity index (χ1v) is 10.7. The Morgan fingerprint density at radius 3 is 2.10 bits per heavy atom. The van der Waals surface area contributed by atoms with Crippen LogP contribution in [0, 0.1) is 0 Å². The Bertz CT molecular complexity index is 1380. The second kappa shape index (κ2) is 7.35. The van der Waals surface area contributed by atoms with Gasteiger partial charge >= 0.3 is 10.2 Å². The topological polar surface area (TPSA) is 144 Å². The number of amides is 1. The molecule has 0 unspecified atom stereocenters. The van der Waals surface area contributed by atoms with Crippen LogP contribution in [-0.4, -0.2) is 32.5 Å². The molecule has 0 fully saturated rings. The predicted molar refractivity (Wildman–Crippen MR) is 99.5 cm³/mol. The molecular weight excluding hydrogens is 427 g/mol. The molecule has 0 aliphatic rings. The van der Waals surface area contributed by atoms with Gasteiger partial charge in [0.1, 0.15) is 0 Å². The molecule has 0 saturated carbocycles. The van der Waals surface area contributed by atoms with Crippen molar-refractivity contribution in [3.63, 3.8) is 0 Å². The number of carbonyl (C=O) groups excluding carboxylic acids is 1. The van der Waals surface area contributed by atoms with Crippen LogP contribution in [0.5, 0.6) is 0 Å². The van der Waals surface area contributed by atoms with Crippen LogP contribution < -0.4 is 15.8 Å². The van der Waals surface area contributed by atoms with E-state index in [1.54, 1.807) is 12.1 Å². The van der Waals surface area contributed by atoms with Gasteiger partial charge < -0.3 is 0 Å². The fraction of sp³-hybridized carbons (Fsp3) is 0.0625. The molecular formula is C16H13FN4O6S2. The number of rotatable bonds is 5. The van der Waals surface area contributed by atoms with Gasteiger partial charge in [0.2, 0.25) is 0 Å². The lowest BCUT2D eigenvalue weighted by molar-refractivity contribution is 0.0940. The van der Waals surface area contributed by atoms with E-state index in [0.717, 1.165) is 28.9 Å². The summed E-state index contributed by atoms with van der Waals surface area (Å²) in [6, 6.07) is 9.45. The maximum Gasteiger partial charge on any atom is 0.332 e. The van der Waals surface area contributed by atoms with Crippen LogP contribution in [-0.2, 0) is 27.3 Å². The van der Waals surface area contributed by atoms with Crippen molar-refractivity contribution < 1.29 is 25.5 Å². The molecule has 10 nitrogen and oxygen atoms in total. The summed E-state index contributed by atoms with van der Waals surface area (Å²) < 4.78 is 60.0. The van der Waals surface area contributed by atoms with E-state index in [9.17, 15) is 30.3 Å². The maximum atomic E-state index is 12.9. The Balaban J connectivity index is 1.86. The van der Waals surface area contributed by atoms with E-state index in [4.69, 9.17) is 0 Å². The van der Waals surface area contributed by atoms with Gasteiger partial charge in [0.25, 0.3) is 21.5 Å². The number of nitrogens with zero attached hydrogens (tertiary/aromatic N) is 2. The lowest BCUT2D eigenvalue weighted by Crippen LogP contribution is -2.42. The second-order valence-electron chi connectivity index (χ2n) is 5.79. The summed E-state index contributed by atoms with van der Waals surface area (Å²) in [5, 5.41) is 4.31. The SMILES string of the molecule is Cn1nc(C(=O)NNS(=O)(=O)c2ccc(S(=O)(=O)F)cc2)c2ccccc2c1=O. The van der Waals surface area contributed by atoms with Crippen molar-refractivity contribution in [2.75, 3.05) is 0 Å². The molecule has 3 aromatic rings. The molecule has 0 aliphatic heterocycles. The highest BCUT2D eigenvalue weighted by Crippen LogP contribution is 2.16. The summed E-state index contributed by atoms with van der Waals surface area (Å²) in [6.07, 6.45) is 0. The number of hydrazine groups is 1. The third-order valence-corrected chi connectivity index (χ3v) is 5.98. The molecule has 1 amide bonds. The fourth-order valence-electron chi connectivity index (χ4n) is 2.48. The zero-order valence-electron chi connectivity index (χ0n) is 14.7. The summed E-state index contributed by atoms with van der Waals surface area (Å²) in [5.74, 6) is -0.927. The third kappa shape index (κ3) is 4.16. The highest BCUT2D eigenvalue weighted by molar-refractivity contribution is 7.89. The van der Waals surface area contributed by atoms with Crippen LogP contribution in [0.4, 0.5) is 3.89 Å². The zero-order valence-corrected chi connectivity index (χ0v) is 16.3. The Morgan fingerprint density at radius 1 is 0.966 bits per heavy atom. The average molecular weight is 440 g/mol. The fourth-order valence-corrected chi connectivity index (χ4v) is 3.78. The molecule has 152 valence electrons. The molecule has 2 aromatic carbocycles. The van der Waals surface area contributed by atoms with Gasteiger partial charge in [0.05, 0.1) is 15.2 Å². The summed E-state index contributed by atoms with van der Waals surface area (Å²) in [5.41, 5.74) is 1.35. The first-order chi connectivity index (χ1) is 13.5. The van der Waals surface area contributed by atoms with Crippen LogP contribution in [0.2, 0.25) is 0 Å². The quantitative estimate of drug-likeness (QED) is 0.426. The van der Waals surface area contributed by atoms with Crippen molar-refractivity contribution in [1.29, 1.82) is 0 Å². The molecule has 0 atom stereocenters.